The van der Waals surface area contributed by atoms with Crippen molar-refractivity contribution in [3.63, 3.8) is 0 Å². The predicted octanol–water partition coefficient (Wildman–Crippen LogP) is 5.08. The Balaban J connectivity index is 2.05. The number of hydrogen-bond donors (Lipinski definition) is 0. The largest absolute Gasteiger partial charge is 0.249 e. The average molecular weight is 279 g/mol. The number of hydrogen-bond acceptors (Lipinski definition) is 2. The highest BCUT2D eigenvalue weighted by Crippen LogP contribution is 2.38. The minimum atomic E-state index is 0.351. The Kier molecular flexibility index (Phi) is 3.93. The number of benzene rings is 2. The number of aromatic nitrogens is 1. The molecule has 1 aromatic heterocycles. The molecule has 1 unspecified atom stereocenters. The summed E-state index contributed by atoms with van der Waals surface area (Å²) < 4.78 is 0. The molecule has 2 heteroatoms. The van der Waals surface area contributed by atoms with Gasteiger partial charge in [-0.05, 0) is 11.1 Å². The van der Waals surface area contributed by atoms with Crippen molar-refractivity contribution in [2.24, 2.45) is 0 Å². The van der Waals surface area contributed by atoms with E-state index >= 15 is 0 Å². The van der Waals surface area contributed by atoms with Crippen LogP contribution < -0.4 is 0 Å². The Hall–Kier alpha value is -1.93. The topological polar surface area (TPSA) is 12.9 Å². The maximum atomic E-state index is 4.51. The van der Waals surface area contributed by atoms with Crippen LogP contribution in [0.1, 0.15) is 34.9 Å². The summed E-state index contributed by atoms with van der Waals surface area (Å²) in [6, 6.07) is 21.4. The highest BCUT2D eigenvalue weighted by molar-refractivity contribution is 7.09. The van der Waals surface area contributed by atoms with Crippen LogP contribution in [0.3, 0.4) is 0 Å². The summed E-state index contributed by atoms with van der Waals surface area (Å²) in [6.07, 6.45) is 1.89. The first-order chi connectivity index (χ1) is 9.86. The van der Waals surface area contributed by atoms with Crippen LogP contribution in [-0.2, 0) is 0 Å². The molecule has 1 atom stereocenters. The first-order valence-electron chi connectivity index (χ1n) is 6.85. The third kappa shape index (κ3) is 2.66. The molecule has 0 aliphatic carbocycles. The van der Waals surface area contributed by atoms with E-state index in [9.17, 15) is 0 Å². The second-order valence-electron chi connectivity index (χ2n) is 4.96. The van der Waals surface area contributed by atoms with Crippen LogP contribution in [-0.4, -0.2) is 4.98 Å². The van der Waals surface area contributed by atoms with Crippen molar-refractivity contribution in [2.75, 3.05) is 0 Å². The summed E-state index contributed by atoms with van der Waals surface area (Å²) >= 11 is 1.74. The van der Waals surface area contributed by atoms with Gasteiger partial charge < -0.3 is 0 Å². The fourth-order valence-electron chi connectivity index (χ4n) is 2.69. The van der Waals surface area contributed by atoms with Gasteiger partial charge in [0.1, 0.15) is 0 Å². The maximum Gasteiger partial charge on any atom is 0.0962 e. The minimum Gasteiger partial charge on any atom is -0.249 e. The van der Waals surface area contributed by atoms with Crippen LogP contribution in [0.2, 0.25) is 0 Å². The smallest absolute Gasteiger partial charge is 0.0962 e. The molecule has 3 aromatic rings. The summed E-state index contributed by atoms with van der Waals surface area (Å²) in [5, 5.41) is 3.25. The zero-order valence-electron chi connectivity index (χ0n) is 11.4. The Morgan fingerprint density at radius 3 is 1.85 bits per heavy atom. The molecule has 0 saturated heterocycles. The van der Waals surface area contributed by atoms with Gasteiger partial charge in [0.25, 0.3) is 0 Å². The van der Waals surface area contributed by atoms with E-state index in [0.29, 0.717) is 11.8 Å². The van der Waals surface area contributed by atoms with Crippen LogP contribution in [0.15, 0.2) is 72.2 Å². The van der Waals surface area contributed by atoms with Crippen molar-refractivity contribution >= 4 is 11.3 Å². The van der Waals surface area contributed by atoms with E-state index in [4.69, 9.17) is 0 Å². The Morgan fingerprint density at radius 1 is 0.850 bits per heavy atom. The molecule has 0 saturated carbocycles. The molecule has 0 spiro atoms. The van der Waals surface area contributed by atoms with Crippen LogP contribution in [0.4, 0.5) is 0 Å². The fraction of sp³-hybridized carbons (Fsp3) is 0.167. The summed E-state index contributed by atoms with van der Waals surface area (Å²) in [6.45, 7) is 2.27. The summed E-state index contributed by atoms with van der Waals surface area (Å²) in [4.78, 5) is 4.51. The number of thiazole rings is 1. The monoisotopic (exact) mass is 279 g/mol. The highest BCUT2D eigenvalue weighted by atomic mass is 32.1. The quantitative estimate of drug-likeness (QED) is 0.649. The predicted molar refractivity (Wildman–Crippen MR) is 85.3 cm³/mol. The van der Waals surface area contributed by atoms with E-state index in [1.807, 2.05) is 6.20 Å². The molecule has 1 heterocycles. The summed E-state index contributed by atoms with van der Waals surface area (Å²) in [5.74, 6) is 0.725. The summed E-state index contributed by atoms with van der Waals surface area (Å²) in [5.41, 5.74) is 2.70. The van der Waals surface area contributed by atoms with Crippen LogP contribution in [0, 0.1) is 0 Å². The van der Waals surface area contributed by atoms with Gasteiger partial charge in [-0.2, -0.15) is 0 Å². The zero-order chi connectivity index (χ0) is 13.8. The molecule has 3 rings (SSSR count). The van der Waals surface area contributed by atoms with Gasteiger partial charge in [-0.15, -0.1) is 11.3 Å². The SMILES string of the molecule is CC(c1nccs1)C(c1ccccc1)c1ccccc1. The minimum absolute atomic E-state index is 0.351. The van der Waals surface area contributed by atoms with Crippen molar-refractivity contribution in [2.45, 2.75) is 18.8 Å². The molecule has 0 aliphatic rings. The molecule has 20 heavy (non-hydrogen) atoms. The lowest BCUT2D eigenvalue weighted by molar-refractivity contribution is 0.653. The molecule has 2 aromatic carbocycles. The van der Waals surface area contributed by atoms with Crippen molar-refractivity contribution in [1.82, 2.24) is 4.98 Å². The van der Waals surface area contributed by atoms with Gasteiger partial charge in [0.05, 0.1) is 5.01 Å². The lowest BCUT2D eigenvalue weighted by Gasteiger charge is -2.23. The molecule has 0 N–H and O–H groups in total. The van der Waals surface area contributed by atoms with E-state index in [1.165, 1.54) is 16.1 Å². The van der Waals surface area contributed by atoms with E-state index in [1.54, 1.807) is 11.3 Å². The Labute approximate surface area is 124 Å². The first-order valence-corrected chi connectivity index (χ1v) is 7.73. The molecular weight excluding hydrogens is 262 g/mol. The third-order valence-electron chi connectivity index (χ3n) is 3.66. The van der Waals surface area contributed by atoms with Gasteiger partial charge in [0.15, 0.2) is 0 Å². The molecule has 1 nitrogen and oxygen atoms in total. The standard InChI is InChI=1S/C18H17NS/c1-14(18-19-12-13-20-18)17(15-8-4-2-5-9-15)16-10-6-3-7-11-16/h2-14,17H,1H3. The van der Waals surface area contributed by atoms with Gasteiger partial charge in [-0.25, -0.2) is 4.98 Å². The lowest BCUT2D eigenvalue weighted by Crippen LogP contribution is -2.10. The van der Waals surface area contributed by atoms with Crippen molar-refractivity contribution < 1.29 is 0 Å². The van der Waals surface area contributed by atoms with E-state index in [-0.39, 0.29) is 0 Å². The molecule has 0 aliphatic heterocycles. The van der Waals surface area contributed by atoms with Gasteiger partial charge >= 0.3 is 0 Å². The van der Waals surface area contributed by atoms with E-state index in [0.717, 1.165) is 0 Å². The molecule has 0 radical (unpaired) electrons. The number of rotatable bonds is 4. The van der Waals surface area contributed by atoms with Gasteiger partial charge in [-0.3, -0.25) is 0 Å². The van der Waals surface area contributed by atoms with E-state index in [2.05, 4.69) is 78.0 Å². The lowest BCUT2D eigenvalue weighted by atomic mass is 9.82. The molecule has 0 fully saturated rings. The summed E-state index contributed by atoms with van der Waals surface area (Å²) in [7, 11) is 0. The average Bonchev–Trinajstić information content (AvgIpc) is 3.04. The molecule has 100 valence electrons. The van der Waals surface area contributed by atoms with Gasteiger partial charge in [0.2, 0.25) is 0 Å². The Morgan fingerprint density at radius 2 is 1.40 bits per heavy atom. The van der Waals surface area contributed by atoms with E-state index < -0.39 is 0 Å². The second-order valence-corrected chi connectivity index (χ2v) is 5.88. The highest BCUT2D eigenvalue weighted by Gasteiger charge is 2.24. The van der Waals surface area contributed by atoms with Crippen LogP contribution in [0.5, 0.6) is 0 Å². The maximum absolute atomic E-state index is 4.51. The van der Waals surface area contributed by atoms with Crippen molar-refractivity contribution in [3.05, 3.63) is 88.4 Å². The first kappa shape index (κ1) is 13.1. The fourth-order valence-corrected chi connectivity index (χ4v) is 3.43. The van der Waals surface area contributed by atoms with Gasteiger partial charge in [0, 0.05) is 23.4 Å². The zero-order valence-corrected chi connectivity index (χ0v) is 12.3. The van der Waals surface area contributed by atoms with Gasteiger partial charge in [-0.1, -0.05) is 67.6 Å². The van der Waals surface area contributed by atoms with Crippen molar-refractivity contribution in [3.8, 4) is 0 Å². The Bertz CT molecular complexity index is 592. The van der Waals surface area contributed by atoms with Crippen LogP contribution >= 0.6 is 11.3 Å². The second kappa shape index (κ2) is 6.02. The normalized spacial score (nSPS) is 12.5. The molecule has 0 bridgehead atoms. The van der Waals surface area contributed by atoms with Crippen LogP contribution in [0.25, 0.3) is 0 Å². The van der Waals surface area contributed by atoms with Crippen molar-refractivity contribution in [1.29, 1.82) is 0 Å². The third-order valence-corrected chi connectivity index (χ3v) is 4.63. The molecule has 0 amide bonds. The number of nitrogens with zero attached hydrogens (tertiary/aromatic N) is 1. The molecular formula is C18H17NS.